The molecule has 0 fully saturated rings. The van der Waals surface area contributed by atoms with E-state index in [1.54, 1.807) is 7.11 Å². The second-order valence-corrected chi connectivity index (χ2v) is 9.36. The van der Waals surface area contributed by atoms with Crippen molar-refractivity contribution in [3.63, 3.8) is 0 Å². The van der Waals surface area contributed by atoms with Crippen molar-refractivity contribution in [3.05, 3.63) is 82.1 Å². The zero-order chi connectivity index (χ0) is 22.0. The number of hydrogen-bond donors (Lipinski definition) is 1. The summed E-state index contributed by atoms with van der Waals surface area (Å²) in [5.41, 5.74) is 4.23. The van der Waals surface area contributed by atoms with Crippen molar-refractivity contribution in [1.82, 2.24) is 15.1 Å². The minimum atomic E-state index is -0.0686. The van der Waals surface area contributed by atoms with Gasteiger partial charge < -0.3 is 10.1 Å². The molecule has 1 aliphatic rings. The number of benzene rings is 2. The number of carbonyl (C=O) groups is 1. The Morgan fingerprint density at radius 3 is 2.65 bits per heavy atom. The fraction of sp³-hybridized carbons (Fsp3) is 0.360. The highest BCUT2D eigenvalue weighted by Crippen LogP contribution is 2.41. The van der Waals surface area contributed by atoms with E-state index >= 15 is 0 Å². The molecule has 4 rings (SSSR count). The Labute approximate surface area is 188 Å². The number of amides is 1. The number of hydrogen-bond acceptors (Lipinski definition) is 3. The highest BCUT2D eigenvalue weighted by molar-refractivity contribution is 6.31. The van der Waals surface area contributed by atoms with Crippen LogP contribution in [0.15, 0.2) is 54.7 Å². The number of aromatic nitrogens is 2. The first-order valence-electron chi connectivity index (χ1n) is 10.6. The van der Waals surface area contributed by atoms with Crippen molar-refractivity contribution >= 4 is 17.5 Å². The predicted molar refractivity (Wildman–Crippen MR) is 122 cm³/mol. The van der Waals surface area contributed by atoms with Crippen molar-refractivity contribution in [2.24, 2.45) is 5.41 Å². The van der Waals surface area contributed by atoms with E-state index < -0.39 is 0 Å². The smallest absolute Gasteiger partial charge is 0.225 e. The second-order valence-electron chi connectivity index (χ2n) is 8.95. The quantitative estimate of drug-likeness (QED) is 0.592. The fourth-order valence-corrected chi connectivity index (χ4v) is 4.61. The molecular formula is C25H28ClN3O2. The maximum absolute atomic E-state index is 12.9. The molecule has 6 heteroatoms. The molecule has 0 saturated carbocycles. The average Bonchev–Trinajstić information content (AvgIpc) is 3.11. The summed E-state index contributed by atoms with van der Waals surface area (Å²) in [6.07, 6.45) is 3.96. The molecule has 1 atom stereocenters. The Morgan fingerprint density at radius 1 is 1.19 bits per heavy atom. The molecular weight excluding hydrogens is 410 g/mol. The van der Waals surface area contributed by atoms with E-state index in [1.165, 1.54) is 5.69 Å². The first-order chi connectivity index (χ1) is 14.9. The SMILES string of the molecule is COc1ccccc1CC(=O)NC1CC(C)(C)Cc2c1cnn2Cc1ccccc1Cl. The standard InChI is InChI=1S/C25H28ClN3O2/c1-25(2)13-21(28-24(30)12-17-8-5-7-11-23(17)31-3)19-15-27-29(22(19)14-25)16-18-9-4-6-10-20(18)26/h4-11,15,21H,12-14,16H2,1-3H3,(H,28,30). The van der Waals surface area contributed by atoms with Gasteiger partial charge in [0.1, 0.15) is 5.75 Å². The van der Waals surface area contributed by atoms with Crippen molar-refractivity contribution < 1.29 is 9.53 Å². The maximum atomic E-state index is 12.9. The number of rotatable bonds is 6. The molecule has 0 radical (unpaired) electrons. The van der Waals surface area contributed by atoms with Gasteiger partial charge in [-0.25, -0.2) is 0 Å². The zero-order valence-electron chi connectivity index (χ0n) is 18.2. The summed E-state index contributed by atoms with van der Waals surface area (Å²) in [5, 5.41) is 8.64. The summed E-state index contributed by atoms with van der Waals surface area (Å²) in [7, 11) is 1.63. The average molecular weight is 438 g/mol. The Balaban J connectivity index is 1.56. The van der Waals surface area contributed by atoms with Gasteiger partial charge in [0.2, 0.25) is 5.91 Å². The van der Waals surface area contributed by atoms with Gasteiger partial charge in [0, 0.05) is 21.8 Å². The molecule has 2 aromatic carbocycles. The Morgan fingerprint density at radius 2 is 1.90 bits per heavy atom. The number of ether oxygens (including phenoxy) is 1. The topological polar surface area (TPSA) is 56.1 Å². The monoisotopic (exact) mass is 437 g/mol. The summed E-state index contributed by atoms with van der Waals surface area (Å²) >= 11 is 6.37. The van der Waals surface area contributed by atoms with Crippen LogP contribution >= 0.6 is 11.6 Å². The van der Waals surface area contributed by atoms with Gasteiger partial charge in [0.05, 0.1) is 32.3 Å². The molecule has 0 saturated heterocycles. The van der Waals surface area contributed by atoms with Gasteiger partial charge in [-0.15, -0.1) is 0 Å². The number of halogens is 1. The van der Waals surface area contributed by atoms with Gasteiger partial charge in [0.15, 0.2) is 0 Å². The van der Waals surface area contributed by atoms with Crippen molar-refractivity contribution in [2.45, 2.75) is 45.7 Å². The van der Waals surface area contributed by atoms with E-state index in [0.717, 1.165) is 40.3 Å². The largest absolute Gasteiger partial charge is 0.496 e. The third-order valence-electron chi connectivity index (χ3n) is 5.92. The van der Waals surface area contributed by atoms with Crippen molar-refractivity contribution in [1.29, 1.82) is 0 Å². The number of fused-ring (bicyclic) bond motifs is 1. The lowest BCUT2D eigenvalue weighted by Crippen LogP contribution is -2.37. The van der Waals surface area contributed by atoms with E-state index in [0.29, 0.717) is 6.54 Å². The van der Waals surface area contributed by atoms with Crippen molar-refractivity contribution in [2.75, 3.05) is 7.11 Å². The third kappa shape index (κ3) is 4.77. The summed E-state index contributed by atoms with van der Waals surface area (Å²) < 4.78 is 7.42. The fourth-order valence-electron chi connectivity index (χ4n) is 4.42. The Hall–Kier alpha value is -2.79. The van der Waals surface area contributed by atoms with E-state index in [9.17, 15) is 4.79 Å². The molecule has 1 unspecified atom stereocenters. The normalized spacial score (nSPS) is 17.1. The number of para-hydroxylation sites is 1. The third-order valence-corrected chi connectivity index (χ3v) is 6.28. The van der Waals surface area contributed by atoms with Crippen LogP contribution in [0.3, 0.4) is 0 Å². The van der Waals surface area contributed by atoms with Crippen LogP contribution in [0.1, 0.15) is 48.7 Å². The molecule has 31 heavy (non-hydrogen) atoms. The second kappa shape index (κ2) is 8.75. The van der Waals surface area contributed by atoms with Crippen LogP contribution in [0.4, 0.5) is 0 Å². The summed E-state index contributed by atoms with van der Waals surface area (Å²) in [4.78, 5) is 12.9. The predicted octanol–water partition coefficient (Wildman–Crippen LogP) is 4.97. The highest BCUT2D eigenvalue weighted by atomic mass is 35.5. The first kappa shape index (κ1) is 21.4. The van der Waals surface area contributed by atoms with E-state index in [-0.39, 0.29) is 23.8 Å². The lowest BCUT2D eigenvalue weighted by Gasteiger charge is -2.36. The summed E-state index contributed by atoms with van der Waals surface area (Å²) in [6, 6.07) is 15.4. The molecule has 1 heterocycles. The number of carbonyl (C=O) groups excluding carboxylic acids is 1. The van der Waals surface area contributed by atoms with Gasteiger partial charge in [0.25, 0.3) is 0 Å². The molecule has 0 spiro atoms. The van der Waals surface area contributed by atoms with Crippen LogP contribution in [0.2, 0.25) is 5.02 Å². The Kier molecular flexibility index (Phi) is 6.05. The molecule has 162 valence electrons. The summed E-state index contributed by atoms with van der Waals surface area (Å²) in [5.74, 6) is 0.715. The zero-order valence-corrected chi connectivity index (χ0v) is 18.9. The van der Waals surface area contributed by atoms with E-state index in [1.807, 2.05) is 59.4 Å². The number of nitrogens with zero attached hydrogens (tertiary/aromatic N) is 2. The molecule has 3 aromatic rings. The van der Waals surface area contributed by atoms with Gasteiger partial charge >= 0.3 is 0 Å². The van der Waals surface area contributed by atoms with Gasteiger partial charge in [-0.1, -0.05) is 61.8 Å². The van der Waals surface area contributed by atoms with E-state index in [4.69, 9.17) is 16.3 Å². The van der Waals surface area contributed by atoms with Crippen LogP contribution in [0.25, 0.3) is 0 Å². The van der Waals surface area contributed by atoms with E-state index in [2.05, 4.69) is 24.3 Å². The van der Waals surface area contributed by atoms with Crippen LogP contribution in [-0.4, -0.2) is 22.8 Å². The molecule has 1 amide bonds. The Bertz CT molecular complexity index is 1090. The first-order valence-corrected chi connectivity index (χ1v) is 10.9. The number of methoxy groups -OCH3 is 1. The van der Waals surface area contributed by atoms with Crippen LogP contribution in [-0.2, 0) is 24.2 Å². The highest BCUT2D eigenvalue weighted by Gasteiger charge is 2.35. The van der Waals surface area contributed by atoms with Crippen LogP contribution in [0.5, 0.6) is 5.75 Å². The van der Waals surface area contributed by atoms with Gasteiger partial charge in [-0.2, -0.15) is 5.10 Å². The molecule has 1 N–H and O–H groups in total. The van der Waals surface area contributed by atoms with Gasteiger partial charge in [-0.05, 0) is 36.0 Å². The molecule has 0 aliphatic heterocycles. The van der Waals surface area contributed by atoms with Crippen molar-refractivity contribution in [3.8, 4) is 5.75 Å². The molecule has 1 aromatic heterocycles. The molecule has 5 nitrogen and oxygen atoms in total. The lowest BCUT2D eigenvalue weighted by atomic mass is 9.74. The maximum Gasteiger partial charge on any atom is 0.225 e. The minimum Gasteiger partial charge on any atom is -0.496 e. The summed E-state index contributed by atoms with van der Waals surface area (Å²) in [6.45, 7) is 5.09. The van der Waals surface area contributed by atoms with Crippen LogP contribution < -0.4 is 10.1 Å². The van der Waals surface area contributed by atoms with Gasteiger partial charge in [-0.3, -0.25) is 9.48 Å². The minimum absolute atomic E-state index is 0.0167. The van der Waals surface area contributed by atoms with Crippen LogP contribution in [0, 0.1) is 5.41 Å². The molecule has 1 aliphatic carbocycles. The molecule has 0 bridgehead atoms. The lowest BCUT2D eigenvalue weighted by molar-refractivity contribution is -0.121. The number of nitrogens with one attached hydrogen (secondary N) is 1.